The largest absolute Gasteiger partial charge is 0.399 e. The fourth-order valence-corrected chi connectivity index (χ4v) is 3.61. The molecule has 0 saturated carbocycles. The summed E-state index contributed by atoms with van der Waals surface area (Å²) in [5.74, 6) is -0.198. The Labute approximate surface area is 112 Å². The Kier molecular flexibility index (Phi) is 3.51. The van der Waals surface area contributed by atoms with Crippen LogP contribution in [0.25, 0.3) is 0 Å². The second kappa shape index (κ2) is 4.82. The van der Waals surface area contributed by atoms with Crippen LogP contribution in [0, 0.1) is 6.92 Å². The lowest BCUT2D eigenvalue weighted by Gasteiger charge is -2.14. The van der Waals surface area contributed by atoms with Crippen LogP contribution in [0.4, 0.5) is 5.69 Å². The van der Waals surface area contributed by atoms with Crippen molar-refractivity contribution in [1.82, 2.24) is 9.62 Å². The number of nitrogens with two attached hydrogens (primary N) is 1. The van der Waals surface area contributed by atoms with Crippen LogP contribution in [0.1, 0.15) is 12.0 Å². The number of amides is 1. The zero-order chi connectivity index (χ0) is 14.2. The van der Waals surface area contributed by atoms with Gasteiger partial charge in [-0.25, -0.2) is 8.42 Å². The third-order valence-electron chi connectivity index (χ3n) is 3.21. The van der Waals surface area contributed by atoms with E-state index in [2.05, 4.69) is 4.72 Å². The SMILES string of the molecule is Cc1cc(N)ccc1S(=O)(=O)NC1CCN(C)C1=O. The monoisotopic (exact) mass is 283 g/mol. The zero-order valence-electron chi connectivity index (χ0n) is 10.9. The van der Waals surface area contributed by atoms with Gasteiger partial charge in [0.25, 0.3) is 0 Å². The van der Waals surface area contributed by atoms with Gasteiger partial charge < -0.3 is 10.6 Å². The first-order chi connectivity index (χ1) is 8.81. The summed E-state index contributed by atoms with van der Waals surface area (Å²) >= 11 is 0. The molecule has 1 aliphatic heterocycles. The number of carbonyl (C=O) groups is 1. The minimum atomic E-state index is -3.70. The number of nitrogens with one attached hydrogen (secondary N) is 1. The number of likely N-dealkylation sites (N-methyl/N-ethyl adjacent to an activating group) is 1. The molecule has 1 amide bonds. The standard InChI is InChI=1S/C12H17N3O3S/c1-8-7-9(13)3-4-11(8)19(17,18)14-10-5-6-15(2)12(10)16/h3-4,7,10,14H,5-6,13H2,1-2H3. The minimum absolute atomic E-state index is 0.157. The van der Waals surface area contributed by atoms with E-state index in [1.807, 2.05) is 0 Å². The number of nitrogens with zero attached hydrogens (tertiary/aromatic N) is 1. The van der Waals surface area contributed by atoms with E-state index in [0.717, 1.165) is 0 Å². The third-order valence-corrected chi connectivity index (χ3v) is 4.85. The van der Waals surface area contributed by atoms with Crippen LogP contribution >= 0.6 is 0 Å². The lowest BCUT2D eigenvalue weighted by atomic mass is 10.2. The fourth-order valence-electron chi connectivity index (χ4n) is 2.16. The molecule has 1 unspecified atom stereocenters. The van der Waals surface area contributed by atoms with Gasteiger partial charge in [0.05, 0.1) is 4.90 Å². The van der Waals surface area contributed by atoms with Crippen molar-refractivity contribution in [3.63, 3.8) is 0 Å². The fraction of sp³-hybridized carbons (Fsp3) is 0.417. The van der Waals surface area contributed by atoms with Gasteiger partial charge in [0, 0.05) is 19.3 Å². The predicted molar refractivity (Wildman–Crippen MR) is 72.0 cm³/mol. The third kappa shape index (κ3) is 2.71. The summed E-state index contributed by atoms with van der Waals surface area (Å²) < 4.78 is 27.0. The first-order valence-corrected chi connectivity index (χ1v) is 7.43. The molecule has 0 bridgehead atoms. The quantitative estimate of drug-likeness (QED) is 0.769. The van der Waals surface area contributed by atoms with Gasteiger partial charge >= 0.3 is 0 Å². The molecule has 104 valence electrons. The van der Waals surface area contributed by atoms with Gasteiger partial charge in [-0.2, -0.15) is 4.72 Å². The van der Waals surface area contributed by atoms with E-state index < -0.39 is 16.1 Å². The first-order valence-electron chi connectivity index (χ1n) is 5.95. The number of sulfonamides is 1. The molecule has 6 nitrogen and oxygen atoms in total. The Balaban J connectivity index is 2.26. The van der Waals surface area contributed by atoms with E-state index in [-0.39, 0.29) is 10.8 Å². The maximum Gasteiger partial charge on any atom is 0.241 e. The molecule has 1 atom stereocenters. The molecule has 1 aromatic rings. The van der Waals surface area contributed by atoms with Crippen molar-refractivity contribution in [2.75, 3.05) is 19.3 Å². The van der Waals surface area contributed by atoms with Gasteiger partial charge in [0.1, 0.15) is 6.04 Å². The van der Waals surface area contributed by atoms with Gasteiger partial charge in [-0.05, 0) is 37.1 Å². The van der Waals surface area contributed by atoms with Crippen LogP contribution in [-0.2, 0) is 14.8 Å². The Morgan fingerprint density at radius 3 is 2.63 bits per heavy atom. The highest BCUT2D eigenvalue weighted by atomic mass is 32.2. The summed E-state index contributed by atoms with van der Waals surface area (Å²) in [4.78, 5) is 13.4. The smallest absolute Gasteiger partial charge is 0.241 e. The van der Waals surface area contributed by atoms with Crippen molar-refractivity contribution in [1.29, 1.82) is 0 Å². The van der Waals surface area contributed by atoms with Gasteiger partial charge in [0.15, 0.2) is 0 Å². The highest BCUT2D eigenvalue weighted by Gasteiger charge is 2.33. The number of hydrogen-bond donors (Lipinski definition) is 2. The summed E-state index contributed by atoms with van der Waals surface area (Å²) in [6, 6.07) is 3.91. The average Bonchev–Trinajstić information content (AvgIpc) is 2.60. The molecule has 1 aromatic carbocycles. The van der Waals surface area contributed by atoms with E-state index in [1.54, 1.807) is 20.0 Å². The molecule has 0 aliphatic carbocycles. The zero-order valence-corrected chi connectivity index (χ0v) is 11.7. The Morgan fingerprint density at radius 2 is 2.11 bits per heavy atom. The van der Waals surface area contributed by atoms with Gasteiger partial charge in [-0.1, -0.05) is 0 Å². The molecule has 19 heavy (non-hydrogen) atoms. The van der Waals surface area contributed by atoms with Gasteiger partial charge in [0.2, 0.25) is 15.9 Å². The molecule has 0 radical (unpaired) electrons. The van der Waals surface area contributed by atoms with E-state index in [1.165, 1.54) is 17.0 Å². The maximum absolute atomic E-state index is 12.2. The number of benzene rings is 1. The molecular formula is C12H17N3O3S. The van der Waals surface area contributed by atoms with Crippen LogP contribution in [0.3, 0.4) is 0 Å². The molecule has 1 saturated heterocycles. The first kappa shape index (κ1) is 13.8. The highest BCUT2D eigenvalue weighted by Crippen LogP contribution is 2.19. The summed E-state index contributed by atoms with van der Waals surface area (Å²) in [7, 11) is -2.04. The van der Waals surface area contributed by atoms with Crippen LogP contribution in [-0.4, -0.2) is 38.9 Å². The van der Waals surface area contributed by atoms with Crippen LogP contribution < -0.4 is 10.5 Å². The number of carbonyl (C=O) groups excluding carboxylic acids is 1. The number of likely N-dealkylation sites (tertiary alicyclic amines) is 1. The van der Waals surface area contributed by atoms with Crippen molar-refractivity contribution in [2.45, 2.75) is 24.3 Å². The predicted octanol–water partition coefficient (Wildman–Crippen LogP) is 0.0862. The minimum Gasteiger partial charge on any atom is -0.399 e. The molecular weight excluding hydrogens is 266 g/mol. The Morgan fingerprint density at radius 1 is 1.42 bits per heavy atom. The van der Waals surface area contributed by atoms with E-state index in [4.69, 9.17) is 5.73 Å². The average molecular weight is 283 g/mol. The topological polar surface area (TPSA) is 92.5 Å². The summed E-state index contributed by atoms with van der Waals surface area (Å²) in [6.07, 6.45) is 0.489. The van der Waals surface area contributed by atoms with Crippen molar-refractivity contribution in [2.24, 2.45) is 0 Å². The van der Waals surface area contributed by atoms with Crippen LogP contribution in [0.2, 0.25) is 0 Å². The molecule has 7 heteroatoms. The Hall–Kier alpha value is -1.60. The van der Waals surface area contributed by atoms with Crippen molar-refractivity contribution in [3.05, 3.63) is 23.8 Å². The maximum atomic E-state index is 12.2. The molecule has 3 N–H and O–H groups in total. The normalized spacial score (nSPS) is 20.0. The molecule has 1 heterocycles. The number of aryl methyl sites for hydroxylation is 1. The summed E-state index contributed by atoms with van der Waals surface area (Å²) in [5.41, 5.74) is 6.67. The lowest BCUT2D eigenvalue weighted by Crippen LogP contribution is -2.40. The molecule has 1 aliphatic rings. The highest BCUT2D eigenvalue weighted by molar-refractivity contribution is 7.89. The van der Waals surface area contributed by atoms with E-state index in [9.17, 15) is 13.2 Å². The molecule has 2 rings (SSSR count). The molecule has 1 fully saturated rings. The molecule has 0 spiro atoms. The number of nitrogen functional groups attached to an aromatic ring is 1. The van der Waals surface area contributed by atoms with Gasteiger partial charge in [-0.3, -0.25) is 4.79 Å². The van der Waals surface area contributed by atoms with Crippen molar-refractivity contribution >= 4 is 21.6 Å². The van der Waals surface area contributed by atoms with Crippen molar-refractivity contribution < 1.29 is 13.2 Å². The van der Waals surface area contributed by atoms with E-state index >= 15 is 0 Å². The second-order valence-electron chi connectivity index (χ2n) is 4.75. The summed E-state index contributed by atoms with van der Waals surface area (Å²) in [5, 5.41) is 0. The number of anilines is 1. The lowest BCUT2D eigenvalue weighted by molar-refractivity contribution is -0.127. The van der Waals surface area contributed by atoms with Crippen LogP contribution in [0.15, 0.2) is 23.1 Å². The molecule has 0 aromatic heterocycles. The second-order valence-corrected chi connectivity index (χ2v) is 6.43. The Bertz CT molecular complexity index is 613. The summed E-state index contributed by atoms with van der Waals surface area (Å²) in [6.45, 7) is 2.24. The van der Waals surface area contributed by atoms with Crippen molar-refractivity contribution in [3.8, 4) is 0 Å². The number of hydrogen-bond acceptors (Lipinski definition) is 4. The van der Waals surface area contributed by atoms with Crippen LogP contribution in [0.5, 0.6) is 0 Å². The van der Waals surface area contributed by atoms with E-state index in [0.29, 0.717) is 24.2 Å². The van der Waals surface area contributed by atoms with Gasteiger partial charge in [-0.15, -0.1) is 0 Å². The number of rotatable bonds is 3.